The Balaban J connectivity index is 1.29. The van der Waals surface area contributed by atoms with Crippen molar-refractivity contribution < 1.29 is 0 Å². The molecular formula is C41H26N4. The van der Waals surface area contributed by atoms with Gasteiger partial charge in [0.25, 0.3) is 0 Å². The third-order valence-corrected chi connectivity index (χ3v) is 9.58. The number of fused-ring (bicyclic) bond motifs is 3. The first-order chi connectivity index (χ1) is 22.3. The lowest BCUT2D eigenvalue weighted by atomic mass is 9.87. The smallest absolute Gasteiger partial charge is 0.195 e. The number of aryl methyl sites for hydroxylation is 1. The van der Waals surface area contributed by atoms with Gasteiger partial charge in [0.1, 0.15) is 0 Å². The van der Waals surface area contributed by atoms with Crippen molar-refractivity contribution in [2.24, 2.45) is 0 Å². The molecule has 4 nitrogen and oxygen atoms in total. The molecule has 2 aromatic heterocycles. The summed E-state index contributed by atoms with van der Waals surface area (Å²) in [6.07, 6.45) is 3.89. The van der Waals surface area contributed by atoms with Crippen molar-refractivity contribution in [1.82, 2.24) is 19.5 Å². The quantitative estimate of drug-likeness (QED) is 0.197. The van der Waals surface area contributed by atoms with Gasteiger partial charge in [-0.2, -0.15) is 0 Å². The van der Waals surface area contributed by atoms with E-state index in [4.69, 9.17) is 15.0 Å². The fourth-order valence-corrected chi connectivity index (χ4v) is 7.61. The molecule has 0 atom stereocenters. The molecule has 0 unspecified atom stereocenters. The van der Waals surface area contributed by atoms with Crippen LogP contribution in [0.2, 0.25) is 0 Å². The Bertz CT molecular complexity index is 2780. The topological polar surface area (TPSA) is 43.6 Å². The van der Waals surface area contributed by atoms with E-state index in [1.807, 2.05) is 30.6 Å². The predicted octanol–water partition coefficient (Wildman–Crippen LogP) is 10.5. The number of hydrogen-bond acceptors (Lipinski definition) is 3. The molecule has 210 valence electrons. The number of nitrogens with zero attached hydrogens (tertiary/aromatic N) is 4. The lowest BCUT2D eigenvalue weighted by Crippen LogP contribution is -2.00. The fraction of sp³-hybridized carbons (Fsp3) is 0.0488. The Hall–Kier alpha value is -5.87. The molecule has 0 aliphatic rings. The van der Waals surface area contributed by atoms with Crippen LogP contribution in [0.25, 0.3) is 98.4 Å². The van der Waals surface area contributed by atoms with Crippen molar-refractivity contribution in [1.29, 1.82) is 0 Å². The minimum atomic E-state index is 0.635. The zero-order chi connectivity index (χ0) is 29.6. The highest BCUT2D eigenvalue weighted by Crippen LogP contribution is 2.44. The Morgan fingerprint density at radius 1 is 0.511 bits per heavy atom. The van der Waals surface area contributed by atoms with Crippen LogP contribution in [-0.4, -0.2) is 19.5 Å². The van der Waals surface area contributed by atoms with Gasteiger partial charge in [-0.15, -0.1) is 0 Å². The molecule has 0 bridgehead atoms. The van der Waals surface area contributed by atoms with Crippen LogP contribution in [0.1, 0.15) is 6.92 Å². The van der Waals surface area contributed by atoms with Gasteiger partial charge in [0.2, 0.25) is 0 Å². The van der Waals surface area contributed by atoms with Gasteiger partial charge < -0.3 is 4.57 Å². The summed E-state index contributed by atoms with van der Waals surface area (Å²) in [5.41, 5.74) is 4.14. The Labute approximate surface area is 258 Å². The molecule has 2 heterocycles. The maximum absolute atomic E-state index is 4.88. The molecule has 0 fully saturated rings. The minimum absolute atomic E-state index is 0.635. The van der Waals surface area contributed by atoms with Crippen LogP contribution in [0, 0.1) is 0 Å². The number of benzene rings is 7. The summed E-state index contributed by atoms with van der Waals surface area (Å²) in [7, 11) is 0. The van der Waals surface area contributed by atoms with E-state index in [0.717, 1.165) is 34.5 Å². The lowest BCUT2D eigenvalue weighted by molar-refractivity contribution is 0.789. The van der Waals surface area contributed by atoms with Crippen molar-refractivity contribution >= 4 is 75.7 Å². The van der Waals surface area contributed by atoms with Gasteiger partial charge in [0.15, 0.2) is 11.6 Å². The Kier molecular flexibility index (Phi) is 4.95. The first-order valence-electron chi connectivity index (χ1n) is 15.5. The molecule has 0 aliphatic heterocycles. The molecule has 0 aliphatic carbocycles. The second-order valence-electron chi connectivity index (χ2n) is 11.9. The van der Waals surface area contributed by atoms with Crippen LogP contribution < -0.4 is 0 Å². The van der Waals surface area contributed by atoms with Gasteiger partial charge >= 0.3 is 0 Å². The van der Waals surface area contributed by atoms with Crippen molar-refractivity contribution in [3.63, 3.8) is 0 Å². The first kappa shape index (κ1) is 24.6. The van der Waals surface area contributed by atoms with E-state index >= 15 is 0 Å². The fourth-order valence-electron chi connectivity index (χ4n) is 7.61. The Morgan fingerprint density at radius 3 is 1.69 bits per heavy atom. The molecule has 8 aromatic carbocycles. The average Bonchev–Trinajstić information content (AvgIpc) is 3.48. The van der Waals surface area contributed by atoms with Gasteiger partial charge in [0.05, 0.1) is 11.0 Å². The summed E-state index contributed by atoms with van der Waals surface area (Å²) in [5, 5.41) is 15.3. The van der Waals surface area contributed by atoms with Crippen molar-refractivity contribution in [3.05, 3.63) is 128 Å². The van der Waals surface area contributed by atoms with E-state index in [1.165, 1.54) is 64.6 Å². The molecule has 10 rings (SSSR count). The lowest BCUT2D eigenvalue weighted by Gasteiger charge is -2.17. The summed E-state index contributed by atoms with van der Waals surface area (Å²) in [4.78, 5) is 14.6. The van der Waals surface area contributed by atoms with Gasteiger partial charge in [-0.3, -0.25) is 0 Å². The van der Waals surface area contributed by atoms with E-state index < -0.39 is 0 Å². The van der Waals surface area contributed by atoms with Crippen LogP contribution in [0.15, 0.2) is 128 Å². The average molecular weight is 575 g/mol. The highest BCUT2D eigenvalue weighted by Gasteiger charge is 2.17. The number of hydrogen-bond donors (Lipinski definition) is 0. The van der Waals surface area contributed by atoms with E-state index in [9.17, 15) is 0 Å². The zero-order valence-corrected chi connectivity index (χ0v) is 24.6. The van der Waals surface area contributed by atoms with E-state index in [2.05, 4.69) is 109 Å². The summed E-state index contributed by atoms with van der Waals surface area (Å²) in [5.74, 6) is 1.43. The number of para-hydroxylation sites is 2. The summed E-state index contributed by atoms with van der Waals surface area (Å²) < 4.78 is 2.18. The van der Waals surface area contributed by atoms with Crippen LogP contribution >= 0.6 is 0 Å². The third-order valence-electron chi connectivity index (χ3n) is 9.58. The van der Waals surface area contributed by atoms with Crippen molar-refractivity contribution in [2.45, 2.75) is 13.5 Å². The number of imidazole rings is 1. The monoisotopic (exact) mass is 574 g/mol. The second kappa shape index (κ2) is 9.07. The SMILES string of the molecule is CCn1c(-c2ncc(-c3cc4ccc5cccc6c7cccc8ccc9cccc(c(c3)c4c56)c9c87)cn2)nc2ccccc21. The standard InChI is InChI=1S/C41H26N4/c1-2-45-35-15-4-3-14-34(35)44-41(45)40-42-22-29(23-43-40)28-20-27-19-18-26-9-6-12-31-30-11-5-8-24-16-17-25-10-7-13-32(38(25)36(24)30)33(21-28)39(27)37(26)31/h3-23H,2H2,1H3. The number of aromatic nitrogens is 4. The van der Waals surface area contributed by atoms with Crippen LogP contribution in [-0.2, 0) is 6.54 Å². The molecule has 0 amide bonds. The summed E-state index contributed by atoms with van der Waals surface area (Å²) >= 11 is 0. The molecule has 0 N–H and O–H groups in total. The third kappa shape index (κ3) is 3.39. The molecule has 10 aromatic rings. The van der Waals surface area contributed by atoms with Gasteiger partial charge in [-0.1, -0.05) is 91.0 Å². The molecule has 45 heavy (non-hydrogen) atoms. The van der Waals surface area contributed by atoms with Crippen molar-refractivity contribution in [2.75, 3.05) is 0 Å². The van der Waals surface area contributed by atoms with Gasteiger partial charge in [-0.05, 0) is 101 Å². The molecule has 0 saturated heterocycles. The van der Waals surface area contributed by atoms with Crippen LogP contribution in [0.4, 0.5) is 0 Å². The van der Waals surface area contributed by atoms with Gasteiger partial charge in [0, 0.05) is 24.5 Å². The maximum atomic E-state index is 4.88. The predicted molar refractivity (Wildman–Crippen MR) is 188 cm³/mol. The number of rotatable bonds is 3. The van der Waals surface area contributed by atoms with Crippen LogP contribution in [0.5, 0.6) is 0 Å². The van der Waals surface area contributed by atoms with Crippen molar-refractivity contribution in [3.8, 4) is 22.8 Å². The first-order valence-corrected chi connectivity index (χ1v) is 15.5. The minimum Gasteiger partial charge on any atom is -0.322 e. The molecule has 0 spiro atoms. The highest BCUT2D eigenvalue weighted by molar-refractivity contribution is 6.37. The summed E-state index contributed by atoms with van der Waals surface area (Å²) in [6.45, 7) is 2.93. The van der Waals surface area contributed by atoms with E-state index in [0.29, 0.717) is 5.82 Å². The molecular weight excluding hydrogens is 548 g/mol. The van der Waals surface area contributed by atoms with E-state index in [-0.39, 0.29) is 0 Å². The molecule has 0 saturated carbocycles. The van der Waals surface area contributed by atoms with Gasteiger partial charge in [-0.25, -0.2) is 15.0 Å². The largest absolute Gasteiger partial charge is 0.322 e. The zero-order valence-electron chi connectivity index (χ0n) is 24.6. The Morgan fingerprint density at radius 2 is 1.07 bits per heavy atom. The molecule has 4 heteroatoms. The van der Waals surface area contributed by atoms with Crippen LogP contribution in [0.3, 0.4) is 0 Å². The molecule has 0 radical (unpaired) electrons. The van der Waals surface area contributed by atoms with E-state index in [1.54, 1.807) is 0 Å². The highest BCUT2D eigenvalue weighted by atomic mass is 15.1. The maximum Gasteiger partial charge on any atom is 0.195 e. The normalized spacial score (nSPS) is 12.2. The second-order valence-corrected chi connectivity index (χ2v) is 11.9. The summed E-state index contributed by atoms with van der Waals surface area (Å²) in [6, 6.07) is 42.0.